The molecule has 0 amide bonds. The Balaban J connectivity index is 2.17. The third-order valence-corrected chi connectivity index (χ3v) is 2.46. The fraction of sp³-hybridized carbons (Fsp3) is 0.889. The minimum Gasteiger partial charge on any atom is -0.362 e. The van der Waals surface area contributed by atoms with Crippen LogP contribution in [-0.2, 0) is 19.0 Å². The smallest absolute Gasteiger partial charge is 0.164 e. The zero-order valence-corrected chi connectivity index (χ0v) is 8.02. The van der Waals surface area contributed by atoms with E-state index in [2.05, 4.69) is 0 Å². The molecular formula is C9H14O4. The first-order valence-corrected chi connectivity index (χ1v) is 4.50. The second-order valence-electron chi connectivity index (χ2n) is 4.01. The predicted molar refractivity (Wildman–Crippen MR) is 44.2 cm³/mol. The maximum absolute atomic E-state index is 10.6. The molecule has 4 atom stereocenters. The Labute approximate surface area is 77.1 Å². The molecule has 2 aliphatic heterocycles. The van der Waals surface area contributed by atoms with E-state index in [1.54, 1.807) is 0 Å². The fourth-order valence-corrected chi connectivity index (χ4v) is 1.95. The van der Waals surface area contributed by atoms with Gasteiger partial charge in [0.1, 0.15) is 18.3 Å². The van der Waals surface area contributed by atoms with Crippen molar-refractivity contribution in [3.63, 3.8) is 0 Å². The molecule has 0 saturated carbocycles. The minimum absolute atomic E-state index is 0.0676. The normalized spacial score (nSPS) is 47.6. The second kappa shape index (κ2) is 2.77. The van der Waals surface area contributed by atoms with Gasteiger partial charge in [-0.3, -0.25) is 0 Å². The lowest BCUT2D eigenvalue weighted by Gasteiger charge is -2.21. The maximum Gasteiger partial charge on any atom is 0.164 e. The highest BCUT2D eigenvalue weighted by Gasteiger charge is 2.53. The molecule has 2 rings (SSSR count). The first-order chi connectivity index (χ1) is 6.03. The molecule has 2 fully saturated rings. The van der Waals surface area contributed by atoms with Crippen molar-refractivity contribution in [1.82, 2.24) is 0 Å². The molecule has 13 heavy (non-hydrogen) atoms. The number of fused-ring (bicyclic) bond motifs is 1. The molecule has 0 spiro atoms. The molecule has 0 aromatic heterocycles. The monoisotopic (exact) mass is 186 g/mol. The van der Waals surface area contributed by atoms with Crippen LogP contribution in [0.15, 0.2) is 0 Å². The molecule has 2 saturated heterocycles. The summed E-state index contributed by atoms with van der Waals surface area (Å²) in [5, 5.41) is 0. The van der Waals surface area contributed by atoms with Crippen molar-refractivity contribution in [2.75, 3.05) is 0 Å². The standard InChI is InChI=1S/C9H14O4/c1-5-7-8(6(4-10)11-5)13-9(2,3)12-7/h4-8H,1-3H3/t5-,6+,7-,8+/m1/s1. The third-order valence-electron chi connectivity index (χ3n) is 2.46. The summed E-state index contributed by atoms with van der Waals surface area (Å²) >= 11 is 0. The van der Waals surface area contributed by atoms with Gasteiger partial charge in [-0.25, -0.2) is 0 Å². The zero-order valence-electron chi connectivity index (χ0n) is 8.02. The van der Waals surface area contributed by atoms with Gasteiger partial charge in [0.2, 0.25) is 0 Å². The average molecular weight is 186 g/mol. The number of aldehydes is 1. The van der Waals surface area contributed by atoms with Gasteiger partial charge in [0, 0.05) is 0 Å². The molecule has 0 aliphatic carbocycles. The Bertz CT molecular complexity index is 226. The second-order valence-corrected chi connectivity index (χ2v) is 4.01. The lowest BCUT2D eigenvalue weighted by atomic mass is 10.1. The van der Waals surface area contributed by atoms with E-state index in [-0.39, 0.29) is 18.3 Å². The van der Waals surface area contributed by atoms with Gasteiger partial charge in [0.15, 0.2) is 12.1 Å². The Morgan fingerprint density at radius 1 is 1.23 bits per heavy atom. The topological polar surface area (TPSA) is 44.8 Å². The van der Waals surface area contributed by atoms with Crippen LogP contribution in [0.4, 0.5) is 0 Å². The summed E-state index contributed by atoms with van der Waals surface area (Å²) in [5.41, 5.74) is 0. The van der Waals surface area contributed by atoms with Crippen LogP contribution < -0.4 is 0 Å². The van der Waals surface area contributed by atoms with Gasteiger partial charge < -0.3 is 19.0 Å². The summed E-state index contributed by atoms with van der Waals surface area (Å²) in [6.45, 7) is 5.59. The van der Waals surface area contributed by atoms with Crippen molar-refractivity contribution in [2.24, 2.45) is 0 Å². The van der Waals surface area contributed by atoms with Gasteiger partial charge in [-0.2, -0.15) is 0 Å². The largest absolute Gasteiger partial charge is 0.362 e. The summed E-state index contributed by atoms with van der Waals surface area (Å²) in [6.07, 6.45) is -0.0946. The lowest BCUT2D eigenvalue weighted by Crippen LogP contribution is -2.30. The third kappa shape index (κ3) is 1.39. The van der Waals surface area contributed by atoms with Gasteiger partial charge in [-0.1, -0.05) is 0 Å². The lowest BCUT2D eigenvalue weighted by molar-refractivity contribution is -0.183. The van der Waals surface area contributed by atoms with Crippen molar-refractivity contribution < 1.29 is 19.0 Å². The number of ether oxygens (including phenoxy) is 3. The van der Waals surface area contributed by atoms with Crippen molar-refractivity contribution >= 4 is 6.29 Å². The molecule has 2 aliphatic rings. The minimum atomic E-state index is -0.589. The van der Waals surface area contributed by atoms with Gasteiger partial charge in [-0.05, 0) is 20.8 Å². The molecule has 0 bridgehead atoms. The van der Waals surface area contributed by atoms with E-state index < -0.39 is 11.9 Å². The Kier molecular flexibility index (Phi) is 1.94. The molecule has 0 N–H and O–H groups in total. The van der Waals surface area contributed by atoms with E-state index in [4.69, 9.17) is 14.2 Å². The number of hydrogen-bond donors (Lipinski definition) is 0. The van der Waals surface area contributed by atoms with Crippen LogP contribution in [0.3, 0.4) is 0 Å². The summed E-state index contributed by atoms with van der Waals surface area (Å²) in [7, 11) is 0. The van der Waals surface area contributed by atoms with E-state index in [9.17, 15) is 4.79 Å². The van der Waals surface area contributed by atoms with Crippen LogP contribution in [0.5, 0.6) is 0 Å². The molecule has 74 valence electrons. The van der Waals surface area contributed by atoms with Crippen LogP contribution in [0.25, 0.3) is 0 Å². The molecule has 0 aromatic rings. The van der Waals surface area contributed by atoms with Crippen molar-refractivity contribution in [3.05, 3.63) is 0 Å². The first-order valence-electron chi connectivity index (χ1n) is 4.50. The molecular weight excluding hydrogens is 172 g/mol. The van der Waals surface area contributed by atoms with Gasteiger partial charge in [0.05, 0.1) is 6.10 Å². The van der Waals surface area contributed by atoms with E-state index in [0.29, 0.717) is 0 Å². The molecule has 4 nitrogen and oxygen atoms in total. The summed E-state index contributed by atoms with van der Waals surface area (Å²) < 4.78 is 16.5. The van der Waals surface area contributed by atoms with E-state index in [0.717, 1.165) is 6.29 Å². The van der Waals surface area contributed by atoms with Crippen molar-refractivity contribution in [1.29, 1.82) is 0 Å². The van der Waals surface area contributed by atoms with Gasteiger partial charge in [0.25, 0.3) is 0 Å². The van der Waals surface area contributed by atoms with E-state index in [1.165, 1.54) is 0 Å². The van der Waals surface area contributed by atoms with Gasteiger partial charge >= 0.3 is 0 Å². The van der Waals surface area contributed by atoms with Crippen LogP contribution in [-0.4, -0.2) is 36.5 Å². The van der Waals surface area contributed by atoms with Crippen LogP contribution in [0.2, 0.25) is 0 Å². The molecule has 4 heteroatoms. The fourth-order valence-electron chi connectivity index (χ4n) is 1.95. The summed E-state index contributed by atoms with van der Waals surface area (Å²) in [4.78, 5) is 10.6. The molecule has 0 radical (unpaired) electrons. The summed E-state index contributed by atoms with van der Waals surface area (Å²) in [5.74, 6) is -0.589. The van der Waals surface area contributed by atoms with Gasteiger partial charge in [-0.15, -0.1) is 0 Å². The SMILES string of the molecule is C[C@H]1O[C@@H](C=O)[C@@H]2OC(C)(C)O[C@@H]21. The molecule has 0 unspecified atom stereocenters. The molecule has 2 heterocycles. The predicted octanol–water partition coefficient (Wildman–Crippen LogP) is 0.493. The Morgan fingerprint density at radius 3 is 2.46 bits per heavy atom. The van der Waals surface area contributed by atoms with Crippen LogP contribution >= 0.6 is 0 Å². The highest BCUT2D eigenvalue weighted by molar-refractivity contribution is 5.58. The van der Waals surface area contributed by atoms with Crippen LogP contribution in [0.1, 0.15) is 20.8 Å². The average Bonchev–Trinajstić information content (AvgIpc) is 2.47. The quantitative estimate of drug-likeness (QED) is 0.559. The van der Waals surface area contributed by atoms with E-state index >= 15 is 0 Å². The number of hydrogen-bond acceptors (Lipinski definition) is 4. The number of carbonyl (C=O) groups is 1. The van der Waals surface area contributed by atoms with E-state index in [1.807, 2.05) is 20.8 Å². The summed E-state index contributed by atoms with van der Waals surface area (Å²) in [6, 6.07) is 0. The number of rotatable bonds is 1. The Morgan fingerprint density at radius 2 is 1.85 bits per heavy atom. The molecule has 0 aromatic carbocycles. The zero-order chi connectivity index (χ0) is 9.64. The first kappa shape index (κ1) is 9.12. The highest BCUT2D eigenvalue weighted by atomic mass is 16.8. The maximum atomic E-state index is 10.6. The van der Waals surface area contributed by atoms with Crippen molar-refractivity contribution in [3.8, 4) is 0 Å². The van der Waals surface area contributed by atoms with Crippen LogP contribution in [0, 0.1) is 0 Å². The Hall–Kier alpha value is -0.450. The van der Waals surface area contributed by atoms with Crippen molar-refractivity contribution in [2.45, 2.75) is 51.0 Å². The highest BCUT2D eigenvalue weighted by Crippen LogP contribution is 2.37. The number of carbonyl (C=O) groups excluding carboxylic acids is 1.